The van der Waals surface area contributed by atoms with Crippen LogP contribution in [-0.4, -0.2) is 39.8 Å². The summed E-state index contributed by atoms with van der Waals surface area (Å²) in [5, 5.41) is 0. The molecule has 0 radical (unpaired) electrons. The minimum atomic E-state index is 0.223. The fourth-order valence-corrected chi connectivity index (χ4v) is 4.28. The Balaban J connectivity index is 1.48. The number of hydrogen-bond acceptors (Lipinski definition) is 3. The van der Waals surface area contributed by atoms with Gasteiger partial charge in [-0.15, -0.1) is 0 Å². The zero-order valence-electron chi connectivity index (χ0n) is 16.1. The maximum absolute atomic E-state index is 13.0. The molecule has 27 heavy (non-hydrogen) atoms. The number of anilines is 1. The lowest BCUT2D eigenvalue weighted by Crippen LogP contribution is -3.13. The van der Waals surface area contributed by atoms with Crippen LogP contribution in [0, 0.1) is 0 Å². The summed E-state index contributed by atoms with van der Waals surface area (Å²) in [5.74, 6) is 1.76. The molecule has 1 amide bonds. The predicted octanol–water partition coefficient (Wildman–Crippen LogP) is 1.62. The molecular formula is C22H27N2O3+. The predicted molar refractivity (Wildman–Crippen MR) is 105 cm³/mol. The summed E-state index contributed by atoms with van der Waals surface area (Å²) >= 11 is 0. The van der Waals surface area contributed by atoms with Gasteiger partial charge in [0.25, 0.3) is 5.91 Å². The number of nitrogens with one attached hydrogen (secondary N) is 1. The third-order valence-corrected chi connectivity index (χ3v) is 5.71. The van der Waals surface area contributed by atoms with E-state index in [2.05, 4.69) is 30.3 Å². The second-order valence-corrected chi connectivity index (χ2v) is 7.36. The van der Waals surface area contributed by atoms with Crippen LogP contribution in [0.5, 0.6) is 11.5 Å². The summed E-state index contributed by atoms with van der Waals surface area (Å²) in [6.07, 6.45) is 3.05. The molecule has 2 aliphatic heterocycles. The van der Waals surface area contributed by atoms with Gasteiger partial charge in [0.15, 0.2) is 18.0 Å². The third kappa shape index (κ3) is 3.52. The number of carbonyl (C=O) groups is 1. The Bertz CT molecular complexity index is 849. The molecule has 2 aliphatic rings. The molecule has 2 aromatic carbocycles. The quantitative estimate of drug-likeness (QED) is 0.893. The Morgan fingerprint density at radius 3 is 2.56 bits per heavy atom. The van der Waals surface area contributed by atoms with Crippen LogP contribution >= 0.6 is 0 Å². The molecule has 1 unspecified atom stereocenters. The van der Waals surface area contributed by atoms with Crippen LogP contribution < -0.4 is 19.3 Å². The van der Waals surface area contributed by atoms with Crippen LogP contribution in [0.3, 0.4) is 0 Å². The van der Waals surface area contributed by atoms with Crippen LogP contribution in [0.15, 0.2) is 36.4 Å². The van der Waals surface area contributed by atoms with Gasteiger partial charge in [-0.25, -0.2) is 0 Å². The number of fused-ring (bicyclic) bond motifs is 2. The molecular weight excluding hydrogens is 340 g/mol. The molecule has 142 valence electrons. The van der Waals surface area contributed by atoms with Gasteiger partial charge < -0.3 is 19.3 Å². The number of carbonyl (C=O) groups excluding carboxylic acids is 1. The van der Waals surface area contributed by atoms with Crippen molar-refractivity contribution in [2.75, 3.05) is 38.8 Å². The Morgan fingerprint density at radius 2 is 1.78 bits per heavy atom. The fraction of sp³-hybridized carbons (Fsp3) is 0.409. The number of quaternary nitrogens is 1. The number of amides is 1. The molecule has 2 aromatic rings. The van der Waals surface area contributed by atoms with Crippen molar-refractivity contribution in [1.82, 2.24) is 0 Å². The SMILES string of the molecule is COc1cc2c(cc1OC)C[NH+](CC(=O)N1CCCc3ccccc31)CC2. The molecule has 5 nitrogen and oxygen atoms in total. The summed E-state index contributed by atoms with van der Waals surface area (Å²) in [5.41, 5.74) is 4.93. The summed E-state index contributed by atoms with van der Waals surface area (Å²) in [4.78, 5) is 16.3. The zero-order chi connectivity index (χ0) is 18.8. The van der Waals surface area contributed by atoms with Crippen molar-refractivity contribution in [3.05, 3.63) is 53.1 Å². The van der Waals surface area contributed by atoms with Gasteiger partial charge in [0.1, 0.15) is 6.54 Å². The third-order valence-electron chi connectivity index (χ3n) is 5.71. The molecule has 5 heteroatoms. The van der Waals surface area contributed by atoms with E-state index in [9.17, 15) is 4.79 Å². The second kappa shape index (κ2) is 7.61. The van der Waals surface area contributed by atoms with Crippen molar-refractivity contribution in [3.8, 4) is 11.5 Å². The summed E-state index contributed by atoms with van der Waals surface area (Å²) < 4.78 is 10.9. The molecule has 0 bridgehead atoms. The monoisotopic (exact) mass is 367 g/mol. The Hall–Kier alpha value is -2.53. The molecule has 1 N–H and O–H groups in total. The molecule has 0 aromatic heterocycles. The van der Waals surface area contributed by atoms with Crippen LogP contribution in [-0.2, 0) is 24.2 Å². The van der Waals surface area contributed by atoms with Gasteiger partial charge in [0, 0.05) is 24.2 Å². The van der Waals surface area contributed by atoms with E-state index in [0.717, 1.165) is 56.1 Å². The van der Waals surface area contributed by atoms with Crippen LogP contribution in [0.2, 0.25) is 0 Å². The highest BCUT2D eigenvalue weighted by atomic mass is 16.5. The highest BCUT2D eigenvalue weighted by Crippen LogP contribution is 2.31. The highest BCUT2D eigenvalue weighted by Gasteiger charge is 2.28. The minimum Gasteiger partial charge on any atom is -0.493 e. The fourth-order valence-electron chi connectivity index (χ4n) is 4.28. The Kier molecular flexibility index (Phi) is 5.03. The van der Waals surface area contributed by atoms with E-state index in [0.29, 0.717) is 6.54 Å². The minimum absolute atomic E-state index is 0.223. The van der Waals surface area contributed by atoms with Crippen LogP contribution in [0.25, 0.3) is 0 Å². The summed E-state index contributed by atoms with van der Waals surface area (Å²) in [6, 6.07) is 12.4. The topological polar surface area (TPSA) is 43.2 Å². The molecule has 0 saturated carbocycles. The smallest absolute Gasteiger partial charge is 0.282 e. The normalized spacial score (nSPS) is 18.4. The van der Waals surface area contributed by atoms with Gasteiger partial charge in [-0.3, -0.25) is 4.79 Å². The number of ether oxygens (including phenoxy) is 2. The van der Waals surface area contributed by atoms with E-state index in [1.165, 1.54) is 21.6 Å². The number of rotatable bonds is 4. The number of hydrogen-bond donors (Lipinski definition) is 1. The van der Waals surface area contributed by atoms with Gasteiger partial charge in [-0.1, -0.05) is 18.2 Å². The van der Waals surface area contributed by atoms with Crippen molar-refractivity contribution in [1.29, 1.82) is 0 Å². The highest BCUT2D eigenvalue weighted by molar-refractivity contribution is 5.95. The number of nitrogens with zero attached hydrogens (tertiary/aromatic N) is 1. The largest absolute Gasteiger partial charge is 0.493 e. The first-order valence-electron chi connectivity index (χ1n) is 9.65. The van der Waals surface area contributed by atoms with Crippen molar-refractivity contribution in [2.45, 2.75) is 25.8 Å². The lowest BCUT2D eigenvalue weighted by molar-refractivity contribution is -0.907. The van der Waals surface area contributed by atoms with E-state index in [1.54, 1.807) is 14.2 Å². The van der Waals surface area contributed by atoms with E-state index < -0.39 is 0 Å². The lowest BCUT2D eigenvalue weighted by Gasteiger charge is -2.32. The van der Waals surface area contributed by atoms with E-state index in [1.807, 2.05) is 11.0 Å². The average Bonchev–Trinajstić information content (AvgIpc) is 2.72. The number of aryl methyl sites for hydroxylation is 1. The molecule has 0 spiro atoms. The van der Waals surface area contributed by atoms with E-state index >= 15 is 0 Å². The molecule has 4 rings (SSSR count). The summed E-state index contributed by atoms with van der Waals surface area (Å²) in [7, 11) is 3.33. The van der Waals surface area contributed by atoms with Crippen LogP contribution in [0.1, 0.15) is 23.1 Å². The van der Waals surface area contributed by atoms with Gasteiger partial charge in [-0.05, 0) is 42.2 Å². The van der Waals surface area contributed by atoms with Crippen molar-refractivity contribution >= 4 is 11.6 Å². The maximum Gasteiger partial charge on any atom is 0.282 e. The van der Waals surface area contributed by atoms with Crippen molar-refractivity contribution in [2.24, 2.45) is 0 Å². The zero-order valence-corrected chi connectivity index (χ0v) is 16.1. The first-order chi connectivity index (χ1) is 13.2. The molecule has 2 heterocycles. The first kappa shape index (κ1) is 17.9. The Labute approximate surface area is 160 Å². The van der Waals surface area contributed by atoms with E-state index in [-0.39, 0.29) is 5.91 Å². The standard InChI is InChI=1S/C22H26N2O3/c1-26-20-12-17-9-11-23(14-18(17)13-21(20)27-2)15-22(25)24-10-5-7-16-6-3-4-8-19(16)24/h3-4,6,8,12-13H,5,7,9-11,14-15H2,1-2H3/p+1. The van der Waals surface area contributed by atoms with Crippen molar-refractivity contribution in [3.63, 3.8) is 0 Å². The second-order valence-electron chi connectivity index (χ2n) is 7.36. The van der Waals surface area contributed by atoms with Gasteiger partial charge in [0.05, 0.1) is 20.8 Å². The molecule has 0 aliphatic carbocycles. The first-order valence-corrected chi connectivity index (χ1v) is 9.65. The van der Waals surface area contributed by atoms with Gasteiger partial charge in [-0.2, -0.15) is 0 Å². The number of methoxy groups -OCH3 is 2. The summed E-state index contributed by atoms with van der Waals surface area (Å²) in [6.45, 7) is 3.16. The molecule has 0 fully saturated rings. The molecule has 1 atom stereocenters. The number of para-hydroxylation sites is 1. The number of benzene rings is 2. The van der Waals surface area contributed by atoms with Gasteiger partial charge in [0.2, 0.25) is 0 Å². The Morgan fingerprint density at radius 1 is 1.04 bits per heavy atom. The van der Waals surface area contributed by atoms with E-state index in [4.69, 9.17) is 9.47 Å². The van der Waals surface area contributed by atoms with Gasteiger partial charge >= 0.3 is 0 Å². The maximum atomic E-state index is 13.0. The average molecular weight is 367 g/mol. The van der Waals surface area contributed by atoms with Crippen molar-refractivity contribution < 1.29 is 19.2 Å². The lowest BCUT2D eigenvalue weighted by atomic mass is 9.98. The van der Waals surface area contributed by atoms with Crippen LogP contribution in [0.4, 0.5) is 5.69 Å². The molecule has 0 saturated heterocycles.